The van der Waals surface area contributed by atoms with E-state index in [4.69, 9.17) is 26.5 Å². The molecule has 102 valence electrons. The summed E-state index contributed by atoms with van der Waals surface area (Å²) in [6.07, 6.45) is 0. The van der Waals surface area contributed by atoms with E-state index in [0.717, 1.165) is 16.1 Å². The van der Waals surface area contributed by atoms with E-state index < -0.39 is 0 Å². The highest BCUT2D eigenvalue weighted by molar-refractivity contribution is 7.73. The second-order valence-corrected chi connectivity index (χ2v) is 5.47. The topological polar surface area (TPSA) is 32.6 Å². The molecule has 0 aliphatic rings. The minimum absolute atomic E-state index is 0.685. The molecule has 0 unspecified atom stereocenters. The maximum absolute atomic E-state index is 5.32. The van der Waals surface area contributed by atoms with Crippen LogP contribution in [0, 0.1) is 10.9 Å². The fourth-order valence-electron chi connectivity index (χ4n) is 1.89. The molecule has 0 fully saturated rings. The molecular formula is C13H15NO3S2. The summed E-state index contributed by atoms with van der Waals surface area (Å²) in [5, 5.41) is 0. The minimum atomic E-state index is 0.685. The number of ether oxygens (including phenoxy) is 2. The Morgan fingerprint density at radius 1 is 1.11 bits per heavy atom. The summed E-state index contributed by atoms with van der Waals surface area (Å²) in [5.41, 5.74) is 2.01. The normalized spacial score (nSPS) is 10.3. The van der Waals surface area contributed by atoms with Gasteiger partial charge < -0.3 is 14.3 Å². The smallest absolute Gasteiger partial charge is 0.197 e. The Labute approximate surface area is 121 Å². The van der Waals surface area contributed by atoms with Crippen LogP contribution in [-0.2, 0) is 0 Å². The maximum Gasteiger partial charge on any atom is 0.197 e. The first-order chi connectivity index (χ1) is 9.12. The standard InChI is InChI=1S/C13H15NO3S2/c1-8-12(19-13(18)14(8)17-4)9-5-6-10(15-2)11(7-9)16-3/h5-7H,1-4H3. The highest BCUT2D eigenvalue weighted by Gasteiger charge is 2.13. The van der Waals surface area contributed by atoms with Gasteiger partial charge in [-0.15, -0.1) is 11.3 Å². The quantitative estimate of drug-likeness (QED) is 0.810. The molecule has 6 heteroatoms. The van der Waals surface area contributed by atoms with Crippen LogP contribution < -0.4 is 14.3 Å². The Morgan fingerprint density at radius 3 is 2.32 bits per heavy atom. The lowest BCUT2D eigenvalue weighted by molar-refractivity contribution is 0.161. The predicted octanol–water partition coefficient (Wildman–Crippen LogP) is 3.33. The molecule has 0 N–H and O–H groups in total. The summed E-state index contributed by atoms with van der Waals surface area (Å²) in [5.74, 6) is 1.40. The maximum atomic E-state index is 5.32. The van der Waals surface area contributed by atoms with Crippen molar-refractivity contribution in [3.05, 3.63) is 27.8 Å². The van der Waals surface area contributed by atoms with E-state index in [9.17, 15) is 0 Å². The van der Waals surface area contributed by atoms with E-state index in [1.165, 1.54) is 11.3 Å². The molecule has 0 spiro atoms. The van der Waals surface area contributed by atoms with Crippen molar-refractivity contribution in [1.29, 1.82) is 0 Å². The van der Waals surface area contributed by atoms with Crippen molar-refractivity contribution >= 4 is 23.6 Å². The van der Waals surface area contributed by atoms with Gasteiger partial charge in [-0.05, 0) is 42.9 Å². The van der Waals surface area contributed by atoms with E-state index in [0.29, 0.717) is 15.5 Å². The molecule has 0 amide bonds. The van der Waals surface area contributed by atoms with Crippen molar-refractivity contribution in [3.63, 3.8) is 0 Å². The molecule has 0 bridgehead atoms. The van der Waals surface area contributed by atoms with E-state index in [1.54, 1.807) is 26.1 Å². The minimum Gasteiger partial charge on any atom is -0.493 e. The number of hydrogen-bond donors (Lipinski definition) is 0. The third-order valence-electron chi connectivity index (χ3n) is 2.82. The van der Waals surface area contributed by atoms with Gasteiger partial charge in [-0.2, -0.15) is 4.73 Å². The van der Waals surface area contributed by atoms with Crippen LogP contribution in [0.3, 0.4) is 0 Å². The Balaban J connectivity index is 2.56. The Hall–Kier alpha value is -1.53. The summed E-state index contributed by atoms with van der Waals surface area (Å²) < 4.78 is 12.9. The highest BCUT2D eigenvalue weighted by atomic mass is 32.1. The van der Waals surface area contributed by atoms with Gasteiger partial charge in [-0.1, -0.05) is 0 Å². The zero-order valence-corrected chi connectivity index (χ0v) is 12.9. The first kappa shape index (κ1) is 13.9. The largest absolute Gasteiger partial charge is 0.493 e. The van der Waals surface area contributed by atoms with Crippen molar-refractivity contribution in [3.8, 4) is 21.9 Å². The van der Waals surface area contributed by atoms with Crippen LogP contribution in [0.4, 0.5) is 0 Å². The van der Waals surface area contributed by atoms with Crippen LogP contribution in [0.5, 0.6) is 11.5 Å². The van der Waals surface area contributed by atoms with Crippen LogP contribution in [0.1, 0.15) is 5.69 Å². The molecule has 0 saturated heterocycles. The van der Waals surface area contributed by atoms with Crippen molar-refractivity contribution in [1.82, 2.24) is 4.73 Å². The number of hydrogen-bond acceptors (Lipinski definition) is 5. The third kappa shape index (κ3) is 2.46. The van der Waals surface area contributed by atoms with Crippen LogP contribution >= 0.6 is 23.6 Å². The van der Waals surface area contributed by atoms with Crippen LogP contribution in [0.25, 0.3) is 10.4 Å². The van der Waals surface area contributed by atoms with E-state index in [-0.39, 0.29) is 0 Å². The zero-order chi connectivity index (χ0) is 14.0. The molecule has 0 radical (unpaired) electrons. The van der Waals surface area contributed by atoms with Gasteiger partial charge in [0.05, 0.1) is 24.8 Å². The molecule has 4 nitrogen and oxygen atoms in total. The third-order valence-corrected chi connectivity index (χ3v) is 4.31. The molecule has 19 heavy (non-hydrogen) atoms. The van der Waals surface area contributed by atoms with Crippen molar-refractivity contribution in [2.24, 2.45) is 0 Å². The molecule has 0 aliphatic carbocycles. The monoisotopic (exact) mass is 297 g/mol. The summed E-state index contributed by atoms with van der Waals surface area (Å²) >= 11 is 6.78. The average molecular weight is 297 g/mol. The average Bonchev–Trinajstić information content (AvgIpc) is 2.72. The molecule has 1 aromatic heterocycles. The first-order valence-electron chi connectivity index (χ1n) is 5.61. The summed E-state index contributed by atoms with van der Waals surface area (Å²) in [6.45, 7) is 1.97. The SMILES string of the molecule is COc1ccc(-c2sc(=S)n(OC)c2C)cc1OC. The molecule has 0 atom stereocenters. The van der Waals surface area contributed by atoms with Gasteiger partial charge in [0.15, 0.2) is 15.5 Å². The molecule has 2 rings (SSSR count). The molecule has 2 aromatic rings. The molecule has 0 aliphatic heterocycles. The predicted molar refractivity (Wildman–Crippen MR) is 78.9 cm³/mol. The second-order valence-electron chi connectivity index (χ2n) is 3.83. The fourth-order valence-corrected chi connectivity index (χ4v) is 3.29. The van der Waals surface area contributed by atoms with Gasteiger partial charge in [-0.3, -0.25) is 0 Å². The van der Waals surface area contributed by atoms with Gasteiger partial charge in [0, 0.05) is 0 Å². The molecule has 1 heterocycles. The Morgan fingerprint density at radius 2 is 1.79 bits per heavy atom. The second kappa shape index (κ2) is 5.63. The summed E-state index contributed by atoms with van der Waals surface area (Å²) in [4.78, 5) is 6.31. The van der Waals surface area contributed by atoms with Gasteiger partial charge in [0.25, 0.3) is 0 Å². The fraction of sp³-hybridized carbons (Fsp3) is 0.308. The lowest BCUT2D eigenvalue weighted by Crippen LogP contribution is -2.07. The van der Waals surface area contributed by atoms with Gasteiger partial charge in [0.1, 0.15) is 7.11 Å². The number of rotatable bonds is 4. The first-order valence-corrected chi connectivity index (χ1v) is 6.84. The number of nitrogens with zero attached hydrogens (tertiary/aromatic N) is 1. The van der Waals surface area contributed by atoms with Crippen LogP contribution in [0.2, 0.25) is 0 Å². The number of benzene rings is 1. The summed E-state index contributed by atoms with van der Waals surface area (Å²) in [6, 6.07) is 5.80. The van der Waals surface area contributed by atoms with Crippen LogP contribution in [0.15, 0.2) is 18.2 Å². The molecule has 1 aromatic carbocycles. The van der Waals surface area contributed by atoms with Gasteiger partial charge >= 0.3 is 0 Å². The number of aromatic nitrogens is 1. The van der Waals surface area contributed by atoms with Crippen LogP contribution in [-0.4, -0.2) is 26.1 Å². The van der Waals surface area contributed by atoms with Crippen molar-refractivity contribution in [2.75, 3.05) is 21.3 Å². The zero-order valence-electron chi connectivity index (χ0n) is 11.2. The van der Waals surface area contributed by atoms with E-state index in [1.807, 2.05) is 25.1 Å². The Kier molecular flexibility index (Phi) is 4.11. The van der Waals surface area contributed by atoms with Gasteiger partial charge in [-0.25, -0.2) is 0 Å². The molecular weight excluding hydrogens is 282 g/mol. The lowest BCUT2D eigenvalue weighted by atomic mass is 10.1. The number of methoxy groups -OCH3 is 2. The lowest BCUT2D eigenvalue weighted by Gasteiger charge is -2.09. The number of thiazole rings is 1. The summed E-state index contributed by atoms with van der Waals surface area (Å²) in [7, 11) is 4.85. The van der Waals surface area contributed by atoms with E-state index >= 15 is 0 Å². The molecule has 0 saturated carbocycles. The van der Waals surface area contributed by atoms with E-state index in [2.05, 4.69) is 0 Å². The van der Waals surface area contributed by atoms with Crippen molar-refractivity contribution < 1.29 is 14.3 Å². The van der Waals surface area contributed by atoms with Gasteiger partial charge in [0.2, 0.25) is 0 Å². The highest BCUT2D eigenvalue weighted by Crippen LogP contribution is 2.36. The Bertz CT molecular complexity index is 646. The van der Waals surface area contributed by atoms with Crippen molar-refractivity contribution in [2.45, 2.75) is 6.92 Å².